The van der Waals surface area contributed by atoms with E-state index in [0.29, 0.717) is 27.8 Å². The molecule has 0 bridgehead atoms. The van der Waals surface area contributed by atoms with Crippen LogP contribution in [0.25, 0.3) is 33.7 Å². The molecule has 0 aliphatic carbocycles. The van der Waals surface area contributed by atoms with E-state index in [2.05, 4.69) is 4.98 Å². The summed E-state index contributed by atoms with van der Waals surface area (Å²) in [6.45, 7) is 11.3. The highest BCUT2D eigenvalue weighted by atomic mass is 35.5. The first-order chi connectivity index (χ1) is 16.0. The highest BCUT2D eigenvalue weighted by Crippen LogP contribution is 2.40. The van der Waals surface area contributed by atoms with Crippen molar-refractivity contribution in [2.45, 2.75) is 53.2 Å². The first-order valence-corrected chi connectivity index (χ1v) is 11.5. The number of benzene rings is 2. The van der Waals surface area contributed by atoms with E-state index in [4.69, 9.17) is 26.3 Å². The fourth-order valence-electron chi connectivity index (χ4n) is 4.23. The molecule has 7 heteroatoms. The number of fused-ring (bicyclic) bond motifs is 1. The monoisotopic (exact) mass is 477 g/mol. The third-order valence-corrected chi connectivity index (χ3v) is 5.95. The number of hydrogen-bond acceptors (Lipinski definition) is 4. The molecule has 6 nitrogen and oxygen atoms in total. The fraction of sp³-hybridized carbons (Fsp3) is 0.296. The quantitative estimate of drug-likeness (QED) is 0.329. The zero-order valence-electron chi connectivity index (χ0n) is 20.2. The van der Waals surface area contributed by atoms with E-state index in [1.807, 2.05) is 71.9 Å². The van der Waals surface area contributed by atoms with E-state index >= 15 is 0 Å². The summed E-state index contributed by atoms with van der Waals surface area (Å²) in [5.41, 5.74) is 6.36. The Labute approximate surface area is 204 Å². The second kappa shape index (κ2) is 8.85. The number of imidazole rings is 1. The molecule has 0 spiro atoms. The Kier molecular flexibility index (Phi) is 6.23. The Morgan fingerprint density at radius 3 is 2.32 bits per heavy atom. The number of para-hydroxylation sites is 1. The minimum atomic E-state index is -1.19. The number of hydrogen-bond donors (Lipinski definition) is 2. The first kappa shape index (κ1) is 23.9. The average Bonchev–Trinajstić information content (AvgIpc) is 3.19. The predicted octanol–water partition coefficient (Wildman–Crippen LogP) is 6.81. The molecule has 34 heavy (non-hydrogen) atoms. The summed E-state index contributed by atoms with van der Waals surface area (Å²) >= 11 is 6.15. The maximum absolute atomic E-state index is 12.4. The molecule has 2 N–H and O–H groups in total. The number of H-pyrrole nitrogens is 1. The Balaban J connectivity index is 2.02. The van der Waals surface area contributed by atoms with E-state index < -0.39 is 17.7 Å². The van der Waals surface area contributed by atoms with Crippen LogP contribution in [0.2, 0.25) is 5.02 Å². The highest BCUT2D eigenvalue weighted by molar-refractivity contribution is 6.30. The number of nitrogens with zero attached hydrogens (tertiary/aromatic N) is 2. The normalized spacial score (nSPS) is 12.8. The molecule has 0 saturated carbocycles. The minimum absolute atomic E-state index is 0.526. The molecule has 0 aliphatic rings. The van der Waals surface area contributed by atoms with Gasteiger partial charge in [0.2, 0.25) is 0 Å². The van der Waals surface area contributed by atoms with Gasteiger partial charge in [-0.15, -0.1) is 0 Å². The lowest BCUT2D eigenvalue weighted by Gasteiger charge is -2.28. The second-order valence-corrected chi connectivity index (χ2v) is 9.91. The summed E-state index contributed by atoms with van der Waals surface area (Å²) in [7, 11) is 0. The number of carboxylic acid groups (broad SMARTS) is 1. The molecule has 2 heterocycles. The number of rotatable bonds is 5. The number of aliphatic carboxylic acids is 1. The molecule has 2 aromatic carbocycles. The van der Waals surface area contributed by atoms with Gasteiger partial charge in [0.25, 0.3) is 0 Å². The lowest BCUT2D eigenvalue weighted by molar-refractivity contribution is -0.160. The van der Waals surface area contributed by atoms with Crippen LogP contribution in [0.1, 0.15) is 49.3 Å². The Morgan fingerprint density at radius 2 is 1.74 bits per heavy atom. The van der Waals surface area contributed by atoms with E-state index in [1.165, 1.54) is 0 Å². The van der Waals surface area contributed by atoms with Crippen LogP contribution in [0.5, 0.6) is 0 Å². The molecule has 176 valence electrons. The van der Waals surface area contributed by atoms with Crippen molar-refractivity contribution < 1.29 is 14.6 Å². The van der Waals surface area contributed by atoms with Gasteiger partial charge in [0.15, 0.2) is 11.9 Å². The molecule has 4 aromatic rings. The maximum atomic E-state index is 12.4. The topological polar surface area (TPSA) is 88.1 Å². The second-order valence-electron chi connectivity index (χ2n) is 9.47. The van der Waals surface area contributed by atoms with Crippen LogP contribution in [0.4, 0.5) is 0 Å². The third kappa shape index (κ3) is 4.56. The molecule has 0 fully saturated rings. The average molecular weight is 478 g/mol. The van der Waals surface area contributed by atoms with E-state index in [9.17, 15) is 9.90 Å². The Hall–Kier alpha value is -3.22. The molecule has 0 amide bonds. The van der Waals surface area contributed by atoms with Gasteiger partial charge < -0.3 is 14.8 Å². The molecule has 0 aliphatic heterocycles. The van der Waals surface area contributed by atoms with E-state index in [0.717, 1.165) is 33.3 Å². The fourth-order valence-corrected chi connectivity index (χ4v) is 4.35. The SMILES string of the molecule is Cc1nc(-c2nc3c(C)cccc3[nH]2)c(C)c(-c2ccc(Cl)cc2)c1[C@H](OC(C)(C)C)C(=O)O. The molecule has 0 unspecified atom stereocenters. The van der Waals surface area contributed by atoms with Gasteiger partial charge >= 0.3 is 5.97 Å². The Morgan fingerprint density at radius 1 is 1.06 bits per heavy atom. The molecular formula is C27H28ClN3O3. The number of aryl methyl sites for hydroxylation is 2. The molecule has 1 atom stereocenters. The number of nitrogens with one attached hydrogen (secondary N) is 1. The predicted molar refractivity (Wildman–Crippen MR) is 135 cm³/mol. The van der Waals surface area contributed by atoms with Crippen LogP contribution in [0.15, 0.2) is 42.5 Å². The third-order valence-electron chi connectivity index (χ3n) is 5.70. The van der Waals surface area contributed by atoms with Gasteiger partial charge in [-0.3, -0.25) is 0 Å². The molecule has 0 radical (unpaired) electrons. The molecule has 2 aromatic heterocycles. The van der Waals surface area contributed by atoms with Crippen molar-refractivity contribution in [1.82, 2.24) is 15.0 Å². The summed E-state index contributed by atoms with van der Waals surface area (Å²) in [5, 5.41) is 10.7. The summed E-state index contributed by atoms with van der Waals surface area (Å²) in [5.74, 6) is -0.433. The lowest BCUT2D eigenvalue weighted by Crippen LogP contribution is -2.28. The Bertz CT molecular complexity index is 1390. The zero-order valence-corrected chi connectivity index (χ0v) is 20.9. The van der Waals surface area contributed by atoms with Gasteiger partial charge in [-0.05, 0) is 82.0 Å². The van der Waals surface area contributed by atoms with Crippen molar-refractivity contribution in [3.63, 3.8) is 0 Å². The van der Waals surface area contributed by atoms with E-state index in [-0.39, 0.29) is 0 Å². The molecular weight excluding hydrogens is 450 g/mol. The molecule has 4 rings (SSSR count). The standard InChI is InChI=1S/C27H28ClN3O3/c1-14-8-7-9-19-22(14)31-25(30-19)23-15(2)20(17-10-12-18(28)13-11-17)21(16(3)29-23)24(26(32)33)34-27(4,5)6/h7-13,24H,1-6H3,(H,30,31)(H,32,33)/t24-/m0/s1. The smallest absolute Gasteiger partial charge is 0.337 e. The zero-order chi connectivity index (χ0) is 24.8. The summed E-state index contributed by atoms with van der Waals surface area (Å²) < 4.78 is 6.03. The molecule has 0 saturated heterocycles. The van der Waals surface area contributed by atoms with Crippen molar-refractivity contribution >= 4 is 28.6 Å². The van der Waals surface area contributed by atoms with Gasteiger partial charge in [0.1, 0.15) is 5.69 Å². The van der Waals surface area contributed by atoms with Gasteiger partial charge in [-0.2, -0.15) is 0 Å². The number of pyridine rings is 1. The van der Waals surface area contributed by atoms with E-state index in [1.54, 1.807) is 12.1 Å². The van der Waals surface area contributed by atoms with Crippen LogP contribution in [0.3, 0.4) is 0 Å². The van der Waals surface area contributed by atoms with Crippen LogP contribution in [-0.4, -0.2) is 31.6 Å². The summed E-state index contributed by atoms with van der Waals surface area (Å²) in [6, 6.07) is 13.3. The van der Waals surface area contributed by atoms with Crippen molar-refractivity contribution in [2.24, 2.45) is 0 Å². The van der Waals surface area contributed by atoms with Crippen LogP contribution in [-0.2, 0) is 9.53 Å². The van der Waals surface area contributed by atoms with Crippen LogP contribution < -0.4 is 0 Å². The van der Waals surface area contributed by atoms with Crippen LogP contribution in [0, 0.1) is 20.8 Å². The number of aromatic amines is 1. The highest BCUT2D eigenvalue weighted by Gasteiger charge is 2.33. The summed E-state index contributed by atoms with van der Waals surface area (Å²) in [6.07, 6.45) is -1.19. The number of halogens is 1. The van der Waals surface area contributed by atoms with Gasteiger partial charge in [0, 0.05) is 16.3 Å². The lowest BCUT2D eigenvalue weighted by atomic mass is 9.89. The number of carbonyl (C=O) groups is 1. The van der Waals surface area contributed by atoms with Crippen molar-refractivity contribution in [2.75, 3.05) is 0 Å². The number of ether oxygens (including phenoxy) is 1. The number of carboxylic acids is 1. The number of aromatic nitrogens is 3. The largest absolute Gasteiger partial charge is 0.479 e. The van der Waals surface area contributed by atoms with Gasteiger partial charge in [-0.25, -0.2) is 14.8 Å². The first-order valence-electron chi connectivity index (χ1n) is 11.1. The van der Waals surface area contributed by atoms with Gasteiger partial charge in [0.05, 0.1) is 16.6 Å². The summed E-state index contributed by atoms with van der Waals surface area (Å²) in [4.78, 5) is 25.4. The minimum Gasteiger partial charge on any atom is -0.479 e. The maximum Gasteiger partial charge on any atom is 0.337 e. The van der Waals surface area contributed by atoms with Crippen molar-refractivity contribution in [1.29, 1.82) is 0 Å². The van der Waals surface area contributed by atoms with Crippen LogP contribution >= 0.6 is 11.6 Å². The van der Waals surface area contributed by atoms with Gasteiger partial charge in [-0.1, -0.05) is 35.9 Å². The van der Waals surface area contributed by atoms with Crippen molar-refractivity contribution in [3.05, 3.63) is 69.9 Å². The van der Waals surface area contributed by atoms with Crippen molar-refractivity contribution in [3.8, 4) is 22.6 Å².